The van der Waals surface area contributed by atoms with Gasteiger partial charge in [0.05, 0.1) is 6.26 Å². The minimum Gasteiger partial charge on any atom is -0.463 e. The Kier molecular flexibility index (Phi) is 2.49. The molecule has 0 radical (unpaired) electrons. The molecule has 1 heterocycles. The SMILES string of the molecule is O/N=C(\c1ccc(F)cc1)c1ccco1. The van der Waals surface area contributed by atoms with Crippen molar-refractivity contribution < 1.29 is 14.0 Å². The molecular weight excluding hydrogens is 197 g/mol. The molecule has 4 heteroatoms. The molecule has 0 saturated carbocycles. The molecular formula is C11H8FNO2. The van der Waals surface area contributed by atoms with Crippen LogP contribution < -0.4 is 0 Å². The van der Waals surface area contributed by atoms with Gasteiger partial charge < -0.3 is 9.62 Å². The maximum atomic E-state index is 12.7. The standard InChI is InChI=1S/C11H8FNO2/c12-9-5-3-8(4-6-9)11(13-14)10-2-1-7-15-10/h1-7,14H/b13-11+. The average Bonchev–Trinajstić information content (AvgIpc) is 2.75. The Bertz CT molecular complexity index is 460. The summed E-state index contributed by atoms with van der Waals surface area (Å²) in [5.41, 5.74) is 0.869. The lowest BCUT2D eigenvalue weighted by Crippen LogP contribution is -2.01. The fourth-order valence-electron chi connectivity index (χ4n) is 1.27. The minimum absolute atomic E-state index is 0.278. The van der Waals surface area contributed by atoms with Crippen LogP contribution in [0.5, 0.6) is 0 Å². The summed E-state index contributed by atoms with van der Waals surface area (Å²) in [6, 6.07) is 8.98. The van der Waals surface area contributed by atoms with Crippen LogP contribution in [0.15, 0.2) is 52.2 Å². The summed E-state index contributed by atoms with van der Waals surface area (Å²) < 4.78 is 17.8. The molecule has 1 aromatic heterocycles. The molecule has 2 rings (SSSR count). The van der Waals surface area contributed by atoms with Crippen LogP contribution in [0.4, 0.5) is 4.39 Å². The fourth-order valence-corrected chi connectivity index (χ4v) is 1.27. The molecule has 3 nitrogen and oxygen atoms in total. The molecule has 0 unspecified atom stereocenters. The van der Waals surface area contributed by atoms with Crippen molar-refractivity contribution in [2.75, 3.05) is 0 Å². The molecule has 0 spiro atoms. The zero-order valence-corrected chi connectivity index (χ0v) is 7.72. The number of halogens is 1. The highest BCUT2D eigenvalue weighted by atomic mass is 19.1. The van der Waals surface area contributed by atoms with Crippen LogP contribution >= 0.6 is 0 Å². The van der Waals surface area contributed by atoms with E-state index in [0.717, 1.165) is 0 Å². The Labute approximate surface area is 85.5 Å². The van der Waals surface area contributed by atoms with E-state index < -0.39 is 0 Å². The zero-order valence-electron chi connectivity index (χ0n) is 7.72. The lowest BCUT2D eigenvalue weighted by Gasteiger charge is -2.00. The van der Waals surface area contributed by atoms with Crippen LogP contribution in [-0.2, 0) is 0 Å². The van der Waals surface area contributed by atoms with Crippen molar-refractivity contribution in [3.05, 3.63) is 59.8 Å². The Morgan fingerprint density at radius 2 is 1.93 bits per heavy atom. The zero-order chi connectivity index (χ0) is 10.7. The number of nitrogens with zero attached hydrogens (tertiary/aromatic N) is 1. The normalized spacial score (nSPS) is 11.7. The molecule has 0 aliphatic rings. The van der Waals surface area contributed by atoms with Gasteiger partial charge >= 0.3 is 0 Å². The highest BCUT2D eigenvalue weighted by Gasteiger charge is 2.10. The van der Waals surface area contributed by atoms with E-state index in [9.17, 15) is 4.39 Å². The molecule has 0 amide bonds. The van der Waals surface area contributed by atoms with Crippen LogP contribution in [0.3, 0.4) is 0 Å². The summed E-state index contributed by atoms with van der Waals surface area (Å²) in [6.07, 6.45) is 1.48. The fraction of sp³-hybridized carbons (Fsp3) is 0. The van der Waals surface area contributed by atoms with E-state index in [4.69, 9.17) is 9.62 Å². The topological polar surface area (TPSA) is 45.7 Å². The van der Waals surface area contributed by atoms with E-state index >= 15 is 0 Å². The predicted molar refractivity (Wildman–Crippen MR) is 52.5 cm³/mol. The number of hydrogen-bond acceptors (Lipinski definition) is 3. The first-order chi connectivity index (χ1) is 7.31. The molecule has 0 atom stereocenters. The molecule has 1 N–H and O–H groups in total. The predicted octanol–water partition coefficient (Wildman–Crippen LogP) is 2.65. The number of rotatable bonds is 2. The first-order valence-electron chi connectivity index (χ1n) is 4.33. The molecule has 0 aliphatic carbocycles. The Morgan fingerprint density at radius 1 is 1.20 bits per heavy atom. The quantitative estimate of drug-likeness (QED) is 0.465. The highest BCUT2D eigenvalue weighted by Crippen LogP contribution is 2.12. The summed E-state index contributed by atoms with van der Waals surface area (Å²) in [5.74, 6) is 0.0968. The van der Waals surface area contributed by atoms with Gasteiger partial charge in [0.25, 0.3) is 0 Å². The van der Waals surface area contributed by atoms with Crippen LogP contribution in [0.25, 0.3) is 0 Å². The van der Waals surface area contributed by atoms with Gasteiger partial charge in [0.15, 0.2) is 11.5 Å². The van der Waals surface area contributed by atoms with Gasteiger partial charge in [0, 0.05) is 5.56 Å². The number of hydrogen-bond donors (Lipinski definition) is 1. The smallest absolute Gasteiger partial charge is 0.156 e. The van der Waals surface area contributed by atoms with E-state index in [2.05, 4.69) is 5.16 Å². The van der Waals surface area contributed by atoms with Crippen LogP contribution in [0.2, 0.25) is 0 Å². The van der Waals surface area contributed by atoms with Crippen molar-refractivity contribution in [2.45, 2.75) is 0 Å². The van der Waals surface area contributed by atoms with Gasteiger partial charge in [-0.15, -0.1) is 0 Å². The first kappa shape index (κ1) is 9.45. The Balaban J connectivity index is 2.41. The molecule has 0 aliphatic heterocycles. The van der Waals surface area contributed by atoms with E-state index in [1.807, 2.05) is 0 Å². The summed E-state index contributed by atoms with van der Waals surface area (Å²) in [7, 11) is 0. The third-order valence-electron chi connectivity index (χ3n) is 1.97. The second-order valence-corrected chi connectivity index (χ2v) is 2.93. The van der Waals surface area contributed by atoms with Crippen molar-refractivity contribution in [1.82, 2.24) is 0 Å². The van der Waals surface area contributed by atoms with E-state index in [1.54, 1.807) is 12.1 Å². The third kappa shape index (κ3) is 1.88. The van der Waals surface area contributed by atoms with Crippen molar-refractivity contribution in [3.8, 4) is 0 Å². The maximum absolute atomic E-state index is 12.7. The summed E-state index contributed by atoms with van der Waals surface area (Å²) in [6.45, 7) is 0. The van der Waals surface area contributed by atoms with Crippen LogP contribution in [0, 0.1) is 5.82 Å². The Hall–Kier alpha value is -2.10. The lowest BCUT2D eigenvalue weighted by atomic mass is 10.1. The molecule has 0 saturated heterocycles. The van der Waals surface area contributed by atoms with Crippen LogP contribution in [0.1, 0.15) is 11.3 Å². The molecule has 1 aromatic carbocycles. The van der Waals surface area contributed by atoms with Crippen LogP contribution in [-0.4, -0.2) is 10.9 Å². The lowest BCUT2D eigenvalue weighted by molar-refractivity contribution is 0.318. The second-order valence-electron chi connectivity index (χ2n) is 2.93. The molecule has 76 valence electrons. The van der Waals surface area contributed by atoms with Gasteiger partial charge in [-0.2, -0.15) is 0 Å². The summed E-state index contributed by atoms with van der Waals surface area (Å²) >= 11 is 0. The third-order valence-corrected chi connectivity index (χ3v) is 1.97. The number of benzene rings is 1. The van der Waals surface area contributed by atoms with Gasteiger partial charge in [0.2, 0.25) is 0 Å². The highest BCUT2D eigenvalue weighted by molar-refractivity contribution is 6.10. The largest absolute Gasteiger partial charge is 0.463 e. The van der Waals surface area contributed by atoms with E-state index in [0.29, 0.717) is 11.3 Å². The van der Waals surface area contributed by atoms with Gasteiger partial charge in [0.1, 0.15) is 5.82 Å². The first-order valence-corrected chi connectivity index (χ1v) is 4.33. The van der Waals surface area contributed by atoms with E-state index in [-0.39, 0.29) is 11.5 Å². The summed E-state index contributed by atoms with van der Waals surface area (Å²) in [4.78, 5) is 0. The van der Waals surface area contributed by atoms with Gasteiger partial charge in [-0.3, -0.25) is 0 Å². The molecule has 0 fully saturated rings. The van der Waals surface area contributed by atoms with E-state index in [1.165, 1.54) is 30.5 Å². The van der Waals surface area contributed by atoms with Gasteiger partial charge in [-0.05, 0) is 36.4 Å². The minimum atomic E-state index is -0.338. The van der Waals surface area contributed by atoms with Crippen molar-refractivity contribution in [2.24, 2.45) is 5.16 Å². The van der Waals surface area contributed by atoms with Gasteiger partial charge in [-0.1, -0.05) is 5.16 Å². The summed E-state index contributed by atoms with van der Waals surface area (Å²) in [5, 5.41) is 12.0. The van der Waals surface area contributed by atoms with Crippen molar-refractivity contribution in [3.63, 3.8) is 0 Å². The number of furan rings is 1. The monoisotopic (exact) mass is 205 g/mol. The molecule has 15 heavy (non-hydrogen) atoms. The average molecular weight is 205 g/mol. The maximum Gasteiger partial charge on any atom is 0.156 e. The number of oxime groups is 1. The Morgan fingerprint density at radius 3 is 2.47 bits per heavy atom. The van der Waals surface area contributed by atoms with Crippen molar-refractivity contribution in [1.29, 1.82) is 0 Å². The molecule has 2 aromatic rings. The second kappa shape index (κ2) is 3.96. The molecule has 0 bridgehead atoms. The van der Waals surface area contributed by atoms with Gasteiger partial charge in [-0.25, -0.2) is 4.39 Å². The van der Waals surface area contributed by atoms with Crippen molar-refractivity contribution >= 4 is 5.71 Å².